The van der Waals surface area contributed by atoms with Crippen molar-refractivity contribution < 1.29 is 9.18 Å². The standard InChI is InChI=1S/C18H14BrFN2O/c19-12-3-1-2-11(8-12)18(23)22-7-6-17-15(10-22)14-9-13(20)4-5-16(14)21-17/h1-5,8-9,21H,6-7,10H2. The Morgan fingerprint density at radius 1 is 1.22 bits per heavy atom. The predicted molar refractivity (Wildman–Crippen MR) is 90.8 cm³/mol. The van der Waals surface area contributed by atoms with Crippen molar-refractivity contribution in [1.82, 2.24) is 9.88 Å². The third-order valence-electron chi connectivity index (χ3n) is 4.30. The predicted octanol–water partition coefficient (Wildman–Crippen LogP) is 4.27. The number of hydrogen-bond donors (Lipinski definition) is 1. The summed E-state index contributed by atoms with van der Waals surface area (Å²) in [6.45, 7) is 1.16. The van der Waals surface area contributed by atoms with E-state index in [4.69, 9.17) is 0 Å². The van der Waals surface area contributed by atoms with E-state index in [1.54, 1.807) is 6.07 Å². The fourth-order valence-corrected chi connectivity index (χ4v) is 3.56. The summed E-state index contributed by atoms with van der Waals surface area (Å²) in [5.41, 5.74) is 3.71. The van der Waals surface area contributed by atoms with Crippen LogP contribution in [0.3, 0.4) is 0 Å². The van der Waals surface area contributed by atoms with Crippen LogP contribution in [0.1, 0.15) is 21.6 Å². The van der Waals surface area contributed by atoms with Gasteiger partial charge in [-0.05, 0) is 36.4 Å². The van der Waals surface area contributed by atoms with Crippen LogP contribution in [0.5, 0.6) is 0 Å². The first kappa shape index (κ1) is 14.5. The van der Waals surface area contributed by atoms with E-state index in [1.165, 1.54) is 12.1 Å². The number of fused-ring (bicyclic) bond motifs is 3. The molecule has 3 aromatic rings. The van der Waals surface area contributed by atoms with E-state index in [0.717, 1.165) is 33.1 Å². The number of nitrogens with one attached hydrogen (secondary N) is 1. The number of carbonyl (C=O) groups is 1. The molecule has 0 spiro atoms. The highest BCUT2D eigenvalue weighted by atomic mass is 79.9. The zero-order valence-electron chi connectivity index (χ0n) is 12.3. The number of nitrogens with zero attached hydrogens (tertiary/aromatic N) is 1. The number of carbonyl (C=O) groups excluding carboxylic acids is 1. The fraction of sp³-hybridized carbons (Fsp3) is 0.167. The lowest BCUT2D eigenvalue weighted by molar-refractivity contribution is 0.0735. The van der Waals surface area contributed by atoms with Gasteiger partial charge in [-0.1, -0.05) is 22.0 Å². The van der Waals surface area contributed by atoms with Crippen molar-refractivity contribution in [1.29, 1.82) is 0 Å². The van der Waals surface area contributed by atoms with Gasteiger partial charge in [0, 0.05) is 51.7 Å². The minimum absolute atomic E-state index is 0.00250. The molecule has 1 aromatic heterocycles. The van der Waals surface area contributed by atoms with Gasteiger partial charge in [0.2, 0.25) is 0 Å². The number of halogens is 2. The fourth-order valence-electron chi connectivity index (χ4n) is 3.16. The lowest BCUT2D eigenvalue weighted by Gasteiger charge is -2.27. The summed E-state index contributed by atoms with van der Waals surface area (Å²) in [5.74, 6) is -0.252. The van der Waals surface area contributed by atoms with Crippen LogP contribution >= 0.6 is 15.9 Å². The molecular formula is C18H14BrFN2O. The molecule has 4 rings (SSSR count). The molecule has 2 aromatic carbocycles. The first-order valence-electron chi connectivity index (χ1n) is 7.45. The smallest absolute Gasteiger partial charge is 0.254 e. The Labute approximate surface area is 141 Å². The van der Waals surface area contributed by atoms with Gasteiger partial charge in [-0.25, -0.2) is 4.39 Å². The Bertz CT molecular complexity index is 919. The maximum absolute atomic E-state index is 13.5. The van der Waals surface area contributed by atoms with E-state index in [-0.39, 0.29) is 11.7 Å². The number of benzene rings is 2. The Hall–Kier alpha value is -2.14. The molecule has 2 heterocycles. The van der Waals surface area contributed by atoms with Crippen LogP contribution in [0.4, 0.5) is 4.39 Å². The van der Waals surface area contributed by atoms with Crippen molar-refractivity contribution >= 4 is 32.7 Å². The van der Waals surface area contributed by atoms with Gasteiger partial charge in [-0.15, -0.1) is 0 Å². The van der Waals surface area contributed by atoms with E-state index in [0.29, 0.717) is 18.7 Å². The summed E-state index contributed by atoms with van der Waals surface area (Å²) >= 11 is 3.40. The summed E-state index contributed by atoms with van der Waals surface area (Å²) in [7, 11) is 0. The van der Waals surface area contributed by atoms with Crippen molar-refractivity contribution in [2.75, 3.05) is 6.54 Å². The van der Waals surface area contributed by atoms with E-state index < -0.39 is 0 Å². The van der Waals surface area contributed by atoms with Crippen molar-refractivity contribution in [3.63, 3.8) is 0 Å². The molecule has 1 amide bonds. The summed E-state index contributed by atoms with van der Waals surface area (Å²) in [4.78, 5) is 17.9. The first-order chi connectivity index (χ1) is 11.1. The lowest BCUT2D eigenvalue weighted by Crippen LogP contribution is -2.35. The number of H-pyrrole nitrogens is 1. The maximum Gasteiger partial charge on any atom is 0.254 e. The third kappa shape index (κ3) is 2.55. The number of amides is 1. The van der Waals surface area contributed by atoms with Crippen LogP contribution in [0, 0.1) is 5.82 Å². The van der Waals surface area contributed by atoms with Crippen LogP contribution in [0.15, 0.2) is 46.9 Å². The van der Waals surface area contributed by atoms with Gasteiger partial charge in [0.05, 0.1) is 0 Å². The van der Waals surface area contributed by atoms with E-state index >= 15 is 0 Å². The number of aromatic amines is 1. The van der Waals surface area contributed by atoms with E-state index in [2.05, 4.69) is 20.9 Å². The monoisotopic (exact) mass is 372 g/mol. The molecule has 0 saturated carbocycles. The second-order valence-corrected chi connectivity index (χ2v) is 6.67. The molecule has 1 aliphatic rings. The third-order valence-corrected chi connectivity index (χ3v) is 4.79. The van der Waals surface area contributed by atoms with Gasteiger partial charge in [0.25, 0.3) is 5.91 Å². The molecule has 0 bridgehead atoms. The van der Waals surface area contributed by atoms with Crippen LogP contribution < -0.4 is 0 Å². The van der Waals surface area contributed by atoms with Crippen LogP contribution in [-0.2, 0) is 13.0 Å². The second-order valence-electron chi connectivity index (χ2n) is 5.76. The Morgan fingerprint density at radius 2 is 2.09 bits per heavy atom. The van der Waals surface area contributed by atoms with Gasteiger partial charge in [0.15, 0.2) is 0 Å². The van der Waals surface area contributed by atoms with Crippen molar-refractivity contribution in [2.24, 2.45) is 0 Å². The largest absolute Gasteiger partial charge is 0.358 e. The molecule has 0 fully saturated rings. The van der Waals surface area contributed by atoms with Gasteiger partial charge < -0.3 is 9.88 Å². The molecule has 23 heavy (non-hydrogen) atoms. The molecule has 0 saturated heterocycles. The average molecular weight is 373 g/mol. The van der Waals surface area contributed by atoms with E-state index in [1.807, 2.05) is 29.2 Å². The number of rotatable bonds is 1. The molecule has 116 valence electrons. The molecule has 0 aliphatic carbocycles. The molecule has 1 N–H and O–H groups in total. The summed E-state index contributed by atoms with van der Waals surface area (Å²) in [6, 6.07) is 12.1. The first-order valence-corrected chi connectivity index (χ1v) is 8.25. The van der Waals surface area contributed by atoms with Gasteiger partial charge >= 0.3 is 0 Å². The Balaban J connectivity index is 1.69. The maximum atomic E-state index is 13.5. The highest BCUT2D eigenvalue weighted by molar-refractivity contribution is 9.10. The zero-order valence-corrected chi connectivity index (χ0v) is 13.9. The van der Waals surface area contributed by atoms with E-state index in [9.17, 15) is 9.18 Å². The minimum Gasteiger partial charge on any atom is -0.358 e. The molecule has 3 nitrogen and oxygen atoms in total. The zero-order chi connectivity index (χ0) is 16.0. The van der Waals surface area contributed by atoms with Crippen LogP contribution in [0.25, 0.3) is 10.9 Å². The quantitative estimate of drug-likeness (QED) is 0.680. The van der Waals surface area contributed by atoms with Gasteiger partial charge in [0.1, 0.15) is 5.82 Å². The second kappa shape index (κ2) is 5.49. The van der Waals surface area contributed by atoms with Crippen molar-refractivity contribution in [3.05, 3.63) is 69.6 Å². The molecule has 5 heteroatoms. The lowest BCUT2D eigenvalue weighted by atomic mass is 10.0. The molecule has 0 unspecified atom stereocenters. The molecular weight excluding hydrogens is 359 g/mol. The summed E-state index contributed by atoms with van der Waals surface area (Å²) in [6.07, 6.45) is 0.755. The normalized spacial score (nSPS) is 14.1. The summed E-state index contributed by atoms with van der Waals surface area (Å²) in [5, 5.41) is 0.867. The van der Waals surface area contributed by atoms with Gasteiger partial charge in [-0.3, -0.25) is 4.79 Å². The number of aromatic nitrogens is 1. The Kier molecular flexibility index (Phi) is 3.45. The van der Waals surface area contributed by atoms with Crippen molar-refractivity contribution in [2.45, 2.75) is 13.0 Å². The molecule has 0 atom stereocenters. The highest BCUT2D eigenvalue weighted by Gasteiger charge is 2.25. The highest BCUT2D eigenvalue weighted by Crippen LogP contribution is 2.29. The molecule has 0 radical (unpaired) electrons. The Morgan fingerprint density at radius 3 is 2.91 bits per heavy atom. The van der Waals surface area contributed by atoms with Crippen LogP contribution in [-0.4, -0.2) is 22.3 Å². The average Bonchev–Trinajstić information content (AvgIpc) is 2.91. The van der Waals surface area contributed by atoms with Crippen molar-refractivity contribution in [3.8, 4) is 0 Å². The van der Waals surface area contributed by atoms with Crippen LogP contribution in [0.2, 0.25) is 0 Å². The topological polar surface area (TPSA) is 36.1 Å². The van der Waals surface area contributed by atoms with Gasteiger partial charge in [-0.2, -0.15) is 0 Å². The summed E-state index contributed by atoms with van der Waals surface area (Å²) < 4.78 is 14.4. The minimum atomic E-state index is -0.255. The SMILES string of the molecule is O=C(c1cccc(Br)c1)N1CCc2[nH]c3ccc(F)cc3c2C1. The number of hydrogen-bond acceptors (Lipinski definition) is 1. The molecule has 1 aliphatic heterocycles.